The molecule has 0 aromatic carbocycles. The Morgan fingerprint density at radius 1 is 1.40 bits per heavy atom. The molecule has 5 nitrogen and oxygen atoms in total. The zero-order valence-corrected chi connectivity index (χ0v) is 10.3. The first-order valence-corrected chi connectivity index (χ1v) is 5.77. The summed E-state index contributed by atoms with van der Waals surface area (Å²) < 4.78 is 4.75. The van der Waals surface area contributed by atoms with Crippen LogP contribution in [-0.4, -0.2) is 42.1 Å². The average Bonchev–Trinajstić information content (AvgIpc) is 2.24. The molecule has 0 aliphatic rings. The summed E-state index contributed by atoms with van der Waals surface area (Å²) in [5.74, 6) is -0.554. The maximum absolute atomic E-state index is 11.3. The van der Waals surface area contributed by atoms with Crippen molar-refractivity contribution in [2.45, 2.75) is 19.0 Å². The number of rotatable bonds is 6. The molecule has 7 heteroatoms. The van der Waals surface area contributed by atoms with Gasteiger partial charge in [0.25, 0.3) is 0 Å². The Balaban J connectivity index is 4.20. The fraction of sp³-hybridized carbons (Fsp3) is 0.750. The molecule has 2 atom stereocenters. The van der Waals surface area contributed by atoms with Crippen LogP contribution in [0, 0.1) is 0 Å². The van der Waals surface area contributed by atoms with Gasteiger partial charge < -0.3 is 15.8 Å². The zero-order chi connectivity index (χ0) is 11.8. The Hall–Kier alpha value is -0.400. The number of esters is 1. The summed E-state index contributed by atoms with van der Waals surface area (Å²) in [6, 6.07) is -1.49. The molecular weight excluding hydrogens is 236 g/mol. The summed E-state index contributed by atoms with van der Waals surface area (Å²) in [6.45, 7) is 1.95. The Morgan fingerprint density at radius 3 is 2.40 bits per heavy atom. The molecule has 0 saturated heterocycles. The number of hydrogen-bond donors (Lipinski definition) is 4. The van der Waals surface area contributed by atoms with E-state index in [0.29, 0.717) is 0 Å². The first kappa shape index (κ1) is 14.6. The van der Waals surface area contributed by atoms with Gasteiger partial charge >= 0.3 is 5.97 Å². The number of hydrogen-bond acceptors (Lipinski definition) is 6. The third kappa shape index (κ3) is 5.29. The highest BCUT2D eigenvalue weighted by Crippen LogP contribution is 1.94. The van der Waals surface area contributed by atoms with E-state index < -0.39 is 24.0 Å². The molecule has 88 valence electrons. The van der Waals surface area contributed by atoms with E-state index in [2.05, 4.69) is 30.6 Å². The summed E-state index contributed by atoms with van der Waals surface area (Å²) in [7, 11) is 0. The second-order valence-corrected chi connectivity index (χ2v) is 3.52. The van der Waals surface area contributed by atoms with Crippen LogP contribution in [0.1, 0.15) is 6.92 Å². The van der Waals surface area contributed by atoms with Crippen molar-refractivity contribution in [3.63, 3.8) is 0 Å². The van der Waals surface area contributed by atoms with Gasteiger partial charge in [-0.2, -0.15) is 25.3 Å². The van der Waals surface area contributed by atoms with Gasteiger partial charge in [0, 0.05) is 11.5 Å². The van der Waals surface area contributed by atoms with Crippen LogP contribution in [0.15, 0.2) is 0 Å². The van der Waals surface area contributed by atoms with Gasteiger partial charge in [0.15, 0.2) is 0 Å². The van der Waals surface area contributed by atoms with Crippen molar-refractivity contribution in [3.8, 4) is 0 Å². The highest BCUT2D eigenvalue weighted by Gasteiger charge is 2.22. The average molecular weight is 252 g/mol. The Labute approximate surface area is 99.9 Å². The van der Waals surface area contributed by atoms with Gasteiger partial charge in [-0.1, -0.05) is 0 Å². The number of carbonyl (C=O) groups is 2. The standard InChI is InChI=1S/C8H16N2O3S2/c1-2-13-8(12)6(4-15)10-7(11)5(9)3-14/h5-6,14-15H,2-4,9H2,1H3,(H,10,11). The largest absolute Gasteiger partial charge is 0.464 e. The lowest BCUT2D eigenvalue weighted by Crippen LogP contribution is -2.50. The monoisotopic (exact) mass is 252 g/mol. The van der Waals surface area contributed by atoms with E-state index >= 15 is 0 Å². The molecule has 0 heterocycles. The third-order valence-corrected chi connectivity index (χ3v) is 2.36. The second-order valence-electron chi connectivity index (χ2n) is 2.78. The predicted octanol–water partition coefficient (Wildman–Crippen LogP) is -0.779. The predicted molar refractivity (Wildman–Crippen MR) is 64.2 cm³/mol. The number of ether oxygens (including phenoxy) is 1. The van der Waals surface area contributed by atoms with Gasteiger partial charge in [-0.3, -0.25) is 4.79 Å². The molecule has 1 amide bonds. The summed E-state index contributed by atoms with van der Waals surface area (Å²) in [5.41, 5.74) is 5.43. The summed E-state index contributed by atoms with van der Waals surface area (Å²) in [5, 5.41) is 2.44. The number of nitrogens with one attached hydrogen (secondary N) is 1. The van der Waals surface area contributed by atoms with Gasteiger partial charge in [-0.25, -0.2) is 4.79 Å². The SMILES string of the molecule is CCOC(=O)C(CS)NC(=O)C(N)CS. The van der Waals surface area contributed by atoms with Gasteiger partial charge in [-0.15, -0.1) is 0 Å². The minimum atomic E-state index is -0.758. The van der Waals surface area contributed by atoms with E-state index in [-0.39, 0.29) is 18.1 Å². The molecule has 0 rings (SSSR count). The molecule has 0 aromatic heterocycles. The molecule has 3 N–H and O–H groups in total. The smallest absolute Gasteiger partial charge is 0.329 e. The number of amides is 1. The van der Waals surface area contributed by atoms with Crippen LogP contribution >= 0.6 is 25.3 Å². The topological polar surface area (TPSA) is 81.4 Å². The first-order chi connectivity index (χ1) is 7.06. The van der Waals surface area contributed by atoms with Crippen molar-refractivity contribution < 1.29 is 14.3 Å². The maximum Gasteiger partial charge on any atom is 0.329 e. The zero-order valence-electron chi connectivity index (χ0n) is 8.47. The summed E-state index contributed by atoms with van der Waals surface area (Å²) >= 11 is 7.82. The van der Waals surface area contributed by atoms with E-state index in [1.165, 1.54) is 0 Å². The van der Waals surface area contributed by atoms with Crippen LogP contribution < -0.4 is 11.1 Å². The lowest BCUT2D eigenvalue weighted by molar-refractivity contribution is -0.146. The fourth-order valence-corrected chi connectivity index (χ4v) is 1.19. The maximum atomic E-state index is 11.3. The molecule has 2 unspecified atom stereocenters. The molecular formula is C8H16N2O3S2. The number of carbonyl (C=O) groups excluding carboxylic acids is 2. The quantitative estimate of drug-likeness (QED) is 0.369. The van der Waals surface area contributed by atoms with E-state index in [1.807, 2.05) is 0 Å². The van der Waals surface area contributed by atoms with Crippen LogP contribution in [0.4, 0.5) is 0 Å². The molecule has 0 spiro atoms. The molecule has 0 bridgehead atoms. The van der Waals surface area contributed by atoms with Crippen LogP contribution in [0.5, 0.6) is 0 Å². The first-order valence-electron chi connectivity index (χ1n) is 4.51. The highest BCUT2D eigenvalue weighted by atomic mass is 32.1. The van der Waals surface area contributed by atoms with Crippen molar-refractivity contribution in [3.05, 3.63) is 0 Å². The lowest BCUT2D eigenvalue weighted by Gasteiger charge is -2.17. The highest BCUT2D eigenvalue weighted by molar-refractivity contribution is 7.80. The molecule has 15 heavy (non-hydrogen) atoms. The van der Waals surface area contributed by atoms with Crippen molar-refractivity contribution in [1.29, 1.82) is 0 Å². The van der Waals surface area contributed by atoms with Crippen LogP contribution in [-0.2, 0) is 14.3 Å². The van der Waals surface area contributed by atoms with E-state index in [9.17, 15) is 9.59 Å². The third-order valence-electron chi connectivity index (χ3n) is 1.60. The normalized spacial score (nSPS) is 14.1. The Morgan fingerprint density at radius 2 is 2.00 bits per heavy atom. The van der Waals surface area contributed by atoms with E-state index in [1.54, 1.807) is 6.92 Å². The molecule has 0 aromatic rings. The van der Waals surface area contributed by atoms with Crippen molar-refractivity contribution >= 4 is 37.1 Å². The fourth-order valence-electron chi connectivity index (χ4n) is 0.784. The van der Waals surface area contributed by atoms with Gasteiger partial charge in [0.1, 0.15) is 6.04 Å². The van der Waals surface area contributed by atoms with Crippen LogP contribution in [0.2, 0.25) is 0 Å². The van der Waals surface area contributed by atoms with Gasteiger partial charge in [0.2, 0.25) is 5.91 Å². The minimum absolute atomic E-state index is 0.171. The molecule has 0 aliphatic heterocycles. The molecule has 0 saturated carbocycles. The Bertz CT molecular complexity index is 226. The lowest BCUT2D eigenvalue weighted by atomic mass is 10.3. The van der Waals surface area contributed by atoms with Crippen molar-refractivity contribution in [1.82, 2.24) is 5.32 Å². The summed E-state index contributed by atoms with van der Waals surface area (Å²) in [4.78, 5) is 22.6. The summed E-state index contributed by atoms with van der Waals surface area (Å²) in [6.07, 6.45) is 0. The Kier molecular flexibility index (Phi) is 7.63. The van der Waals surface area contributed by atoms with Crippen molar-refractivity contribution in [2.24, 2.45) is 5.73 Å². The van der Waals surface area contributed by atoms with E-state index in [0.717, 1.165) is 0 Å². The van der Waals surface area contributed by atoms with Crippen LogP contribution in [0.25, 0.3) is 0 Å². The van der Waals surface area contributed by atoms with Crippen molar-refractivity contribution in [2.75, 3.05) is 18.1 Å². The van der Waals surface area contributed by atoms with E-state index in [4.69, 9.17) is 10.5 Å². The van der Waals surface area contributed by atoms with Gasteiger partial charge in [-0.05, 0) is 6.92 Å². The second kappa shape index (κ2) is 7.84. The van der Waals surface area contributed by atoms with Crippen LogP contribution in [0.3, 0.4) is 0 Å². The minimum Gasteiger partial charge on any atom is -0.464 e. The molecule has 0 fully saturated rings. The number of thiol groups is 2. The number of nitrogens with two attached hydrogens (primary N) is 1. The molecule has 0 aliphatic carbocycles. The van der Waals surface area contributed by atoms with Gasteiger partial charge in [0.05, 0.1) is 12.6 Å². The molecule has 0 radical (unpaired) electrons.